The Morgan fingerprint density at radius 2 is 2.00 bits per heavy atom. The van der Waals surface area contributed by atoms with Crippen molar-refractivity contribution in [1.29, 1.82) is 0 Å². The van der Waals surface area contributed by atoms with Gasteiger partial charge in [0, 0.05) is 32.5 Å². The van der Waals surface area contributed by atoms with Crippen LogP contribution in [-0.4, -0.2) is 15.1 Å². The molecule has 5 heteroatoms. The Hall–Kier alpha value is -1.88. The highest BCUT2D eigenvalue weighted by Gasteiger charge is 2.13. The zero-order valence-electron chi connectivity index (χ0n) is 12.0. The SMILES string of the molecule is OCc1cc(-c2c[nH]c3ccc(Br)cc23)nc2c(Cl)cccc12. The van der Waals surface area contributed by atoms with Crippen LogP contribution in [0.1, 0.15) is 5.56 Å². The minimum absolute atomic E-state index is 0.0571. The van der Waals surface area contributed by atoms with Gasteiger partial charge in [0.25, 0.3) is 0 Å². The van der Waals surface area contributed by atoms with Gasteiger partial charge in [0.2, 0.25) is 0 Å². The number of hydrogen-bond acceptors (Lipinski definition) is 2. The fourth-order valence-electron chi connectivity index (χ4n) is 2.86. The molecule has 0 radical (unpaired) electrons. The van der Waals surface area contributed by atoms with Gasteiger partial charge in [-0.05, 0) is 35.9 Å². The number of hydrogen-bond donors (Lipinski definition) is 2. The number of halogens is 2. The van der Waals surface area contributed by atoms with E-state index in [2.05, 4.69) is 27.0 Å². The maximum Gasteiger partial charge on any atom is 0.0899 e. The number of aromatic nitrogens is 2. The second-order valence-electron chi connectivity index (χ2n) is 5.35. The summed E-state index contributed by atoms with van der Waals surface area (Å²) in [6, 6.07) is 13.6. The van der Waals surface area contributed by atoms with E-state index in [1.165, 1.54) is 0 Å². The molecule has 2 aromatic carbocycles. The van der Waals surface area contributed by atoms with Crippen molar-refractivity contribution in [2.75, 3.05) is 0 Å². The van der Waals surface area contributed by atoms with Gasteiger partial charge in [0.05, 0.1) is 22.8 Å². The molecule has 0 fully saturated rings. The molecule has 0 atom stereocenters. The first-order chi connectivity index (χ1) is 11.2. The van der Waals surface area contributed by atoms with Crippen LogP contribution in [0, 0.1) is 0 Å². The molecule has 3 nitrogen and oxygen atoms in total. The molecule has 0 saturated carbocycles. The second-order valence-corrected chi connectivity index (χ2v) is 6.68. The minimum atomic E-state index is -0.0571. The third-order valence-corrected chi connectivity index (χ3v) is 4.76. The Kier molecular flexibility index (Phi) is 3.60. The highest BCUT2D eigenvalue weighted by molar-refractivity contribution is 9.10. The third-order valence-electron chi connectivity index (χ3n) is 3.97. The van der Waals surface area contributed by atoms with Crippen LogP contribution >= 0.6 is 27.5 Å². The number of fused-ring (bicyclic) bond motifs is 2. The number of aromatic amines is 1. The van der Waals surface area contributed by atoms with Crippen LogP contribution in [0.5, 0.6) is 0 Å². The molecule has 0 aliphatic heterocycles. The van der Waals surface area contributed by atoms with E-state index in [1.54, 1.807) is 0 Å². The molecule has 2 heterocycles. The molecule has 0 amide bonds. The number of rotatable bonds is 2. The smallest absolute Gasteiger partial charge is 0.0899 e. The predicted molar refractivity (Wildman–Crippen MR) is 97.7 cm³/mol. The average Bonchev–Trinajstić information content (AvgIpc) is 2.97. The molecule has 114 valence electrons. The van der Waals surface area contributed by atoms with Crippen molar-refractivity contribution in [2.45, 2.75) is 6.61 Å². The number of pyridine rings is 1. The molecule has 0 aliphatic rings. The highest BCUT2D eigenvalue weighted by Crippen LogP contribution is 2.33. The van der Waals surface area contributed by atoms with Crippen molar-refractivity contribution in [2.24, 2.45) is 0 Å². The van der Waals surface area contributed by atoms with E-state index in [-0.39, 0.29) is 6.61 Å². The Labute approximate surface area is 146 Å². The summed E-state index contributed by atoms with van der Waals surface area (Å²) < 4.78 is 1.01. The Balaban J connectivity index is 2.04. The number of nitrogens with zero attached hydrogens (tertiary/aromatic N) is 1. The Morgan fingerprint density at radius 1 is 1.13 bits per heavy atom. The molecule has 23 heavy (non-hydrogen) atoms. The second kappa shape index (κ2) is 5.64. The van der Waals surface area contributed by atoms with Crippen molar-refractivity contribution >= 4 is 49.3 Å². The van der Waals surface area contributed by atoms with Gasteiger partial charge >= 0.3 is 0 Å². The Morgan fingerprint density at radius 3 is 2.83 bits per heavy atom. The summed E-state index contributed by atoms with van der Waals surface area (Å²) in [5.74, 6) is 0. The highest BCUT2D eigenvalue weighted by atomic mass is 79.9. The number of para-hydroxylation sites is 1. The van der Waals surface area contributed by atoms with Gasteiger partial charge in [0.15, 0.2) is 0 Å². The summed E-state index contributed by atoms with van der Waals surface area (Å²) in [6.45, 7) is -0.0571. The largest absolute Gasteiger partial charge is 0.392 e. The van der Waals surface area contributed by atoms with E-state index in [4.69, 9.17) is 16.6 Å². The first kappa shape index (κ1) is 14.7. The van der Waals surface area contributed by atoms with Gasteiger partial charge in [-0.15, -0.1) is 0 Å². The lowest BCUT2D eigenvalue weighted by Gasteiger charge is -2.08. The molecule has 0 spiro atoms. The molecule has 4 rings (SSSR count). The fraction of sp³-hybridized carbons (Fsp3) is 0.0556. The van der Waals surface area contributed by atoms with E-state index in [9.17, 15) is 5.11 Å². The summed E-state index contributed by atoms with van der Waals surface area (Å²) in [5, 5.41) is 12.3. The summed E-state index contributed by atoms with van der Waals surface area (Å²) in [7, 11) is 0. The molecular weight excluding hydrogens is 376 g/mol. The molecule has 4 aromatic rings. The monoisotopic (exact) mass is 386 g/mol. The lowest BCUT2D eigenvalue weighted by Crippen LogP contribution is -1.93. The van der Waals surface area contributed by atoms with Crippen LogP contribution in [0.3, 0.4) is 0 Å². The average molecular weight is 388 g/mol. The molecule has 0 saturated heterocycles. The van der Waals surface area contributed by atoms with Crippen molar-refractivity contribution in [3.05, 3.63) is 63.7 Å². The summed E-state index contributed by atoms with van der Waals surface area (Å²) in [4.78, 5) is 7.98. The van der Waals surface area contributed by atoms with Gasteiger partial charge in [-0.3, -0.25) is 0 Å². The van der Waals surface area contributed by atoms with Crippen molar-refractivity contribution in [3.63, 3.8) is 0 Å². The van der Waals surface area contributed by atoms with E-state index in [0.29, 0.717) is 10.5 Å². The van der Waals surface area contributed by atoms with E-state index in [0.717, 1.165) is 37.6 Å². The normalized spacial score (nSPS) is 11.4. The van der Waals surface area contributed by atoms with Crippen molar-refractivity contribution < 1.29 is 5.11 Å². The first-order valence-electron chi connectivity index (χ1n) is 7.13. The molecule has 2 aromatic heterocycles. The zero-order valence-corrected chi connectivity index (χ0v) is 14.3. The maximum atomic E-state index is 9.72. The minimum Gasteiger partial charge on any atom is -0.392 e. The number of aliphatic hydroxyl groups is 1. The number of benzene rings is 2. The maximum absolute atomic E-state index is 9.72. The van der Waals surface area contributed by atoms with Crippen LogP contribution in [0.25, 0.3) is 33.1 Å². The van der Waals surface area contributed by atoms with E-state index >= 15 is 0 Å². The topological polar surface area (TPSA) is 48.9 Å². The number of H-pyrrole nitrogens is 1. The van der Waals surface area contributed by atoms with Crippen molar-refractivity contribution in [3.8, 4) is 11.3 Å². The number of nitrogens with one attached hydrogen (secondary N) is 1. The van der Waals surface area contributed by atoms with Crippen LogP contribution in [0.4, 0.5) is 0 Å². The summed E-state index contributed by atoms with van der Waals surface area (Å²) in [6.07, 6.45) is 1.93. The van der Waals surface area contributed by atoms with Crippen LogP contribution in [0.2, 0.25) is 5.02 Å². The number of aliphatic hydroxyl groups excluding tert-OH is 1. The third kappa shape index (κ3) is 2.43. The zero-order chi connectivity index (χ0) is 16.0. The van der Waals surface area contributed by atoms with Gasteiger partial charge in [-0.2, -0.15) is 0 Å². The van der Waals surface area contributed by atoms with E-state index < -0.39 is 0 Å². The van der Waals surface area contributed by atoms with Gasteiger partial charge in [-0.25, -0.2) is 4.98 Å². The van der Waals surface area contributed by atoms with Gasteiger partial charge in [0.1, 0.15) is 0 Å². The van der Waals surface area contributed by atoms with Crippen molar-refractivity contribution in [1.82, 2.24) is 9.97 Å². The summed E-state index contributed by atoms with van der Waals surface area (Å²) >= 11 is 9.81. The van der Waals surface area contributed by atoms with E-state index in [1.807, 2.05) is 42.6 Å². The van der Waals surface area contributed by atoms with Crippen LogP contribution < -0.4 is 0 Å². The molecule has 0 bridgehead atoms. The van der Waals surface area contributed by atoms with Crippen LogP contribution in [-0.2, 0) is 6.61 Å². The molecular formula is C18H12BrClN2O. The van der Waals surface area contributed by atoms with Gasteiger partial charge in [-0.1, -0.05) is 39.7 Å². The fourth-order valence-corrected chi connectivity index (χ4v) is 3.44. The first-order valence-corrected chi connectivity index (χ1v) is 8.30. The molecule has 2 N–H and O–H groups in total. The standard InChI is InChI=1S/C18H12BrClN2O/c19-11-4-5-16-13(7-11)14(8-21-16)17-6-10(9-23)12-2-1-3-15(20)18(12)22-17/h1-8,21,23H,9H2. The lowest BCUT2D eigenvalue weighted by atomic mass is 10.0. The molecule has 0 aliphatic carbocycles. The van der Waals surface area contributed by atoms with Gasteiger partial charge < -0.3 is 10.1 Å². The summed E-state index contributed by atoms with van der Waals surface area (Å²) in [5.41, 5.74) is 4.34. The van der Waals surface area contributed by atoms with Crippen LogP contribution in [0.15, 0.2) is 53.1 Å². The predicted octanol–water partition coefficient (Wildman–Crippen LogP) is 5.29. The molecule has 0 unspecified atom stereocenters. The quantitative estimate of drug-likeness (QED) is 0.491. The lowest BCUT2D eigenvalue weighted by molar-refractivity contribution is 0.283. The Bertz CT molecular complexity index is 1040.